The highest BCUT2D eigenvalue weighted by molar-refractivity contribution is 7.86. The van der Waals surface area contributed by atoms with Crippen molar-refractivity contribution >= 4 is 21.9 Å². The number of aromatic nitrogens is 2. The molecule has 0 radical (unpaired) electrons. The van der Waals surface area contributed by atoms with E-state index in [1.807, 2.05) is 31.9 Å². The topological polar surface area (TPSA) is 82.0 Å². The average Bonchev–Trinajstić information content (AvgIpc) is 2.99. The van der Waals surface area contributed by atoms with Crippen molar-refractivity contribution in [3.63, 3.8) is 0 Å². The summed E-state index contributed by atoms with van der Waals surface area (Å²) in [6.07, 6.45) is 1.74. The molecule has 1 unspecified atom stereocenters. The van der Waals surface area contributed by atoms with E-state index in [-0.39, 0.29) is 11.9 Å². The van der Waals surface area contributed by atoms with E-state index < -0.39 is 10.2 Å². The zero-order chi connectivity index (χ0) is 19.8. The van der Waals surface area contributed by atoms with E-state index in [1.54, 1.807) is 11.7 Å². The molecule has 1 atom stereocenters. The molecule has 1 amide bonds. The largest absolute Gasteiger partial charge is 0.296 e. The molecule has 2 saturated heterocycles. The Bertz CT molecular complexity index is 785. The third kappa shape index (κ3) is 3.89. The van der Waals surface area contributed by atoms with Gasteiger partial charge in [-0.05, 0) is 19.8 Å². The van der Waals surface area contributed by atoms with Gasteiger partial charge in [-0.15, -0.1) is 0 Å². The predicted molar refractivity (Wildman–Crippen MR) is 104 cm³/mol. The maximum absolute atomic E-state index is 13.1. The maximum atomic E-state index is 13.1. The molecule has 27 heavy (non-hydrogen) atoms. The van der Waals surface area contributed by atoms with Crippen molar-refractivity contribution in [3.05, 3.63) is 11.8 Å². The Kier molecular flexibility index (Phi) is 5.90. The van der Waals surface area contributed by atoms with Crippen LogP contribution in [0.25, 0.3) is 0 Å². The van der Waals surface area contributed by atoms with Crippen LogP contribution in [0.3, 0.4) is 0 Å². The molecule has 152 valence electrons. The Balaban J connectivity index is 1.67. The molecule has 3 heterocycles. The lowest BCUT2D eigenvalue weighted by molar-refractivity contribution is -0.126. The van der Waals surface area contributed by atoms with Crippen LogP contribution in [-0.4, -0.2) is 90.0 Å². The lowest BCUT2D eigenvalue weighted by Crippen LogP contribution is -2.59. The molecule has 0 N–H and O–H groups in total. The Morgan fingerprint density at radius 3 is 2.44 bits per heavy atom. The summed E-state index contributed by atoms with van der Waals surface area (Å²) in [6.45, 7) is 6.87. The van der Waals surface area contributed by atoms with Crippen molar-refractivity contribution in [3.8, 4) is 0 Å². The molecule has 0 aromatic carbocycles. The summed E-state index contributed by atoms with van der Waals surface area (Å²) in [6, 6.07) is 1.74. The van der Waals surface area contributed by atoms with Gasteiger partial charge in [0.05, 0.1) is 11.7 Å². The normalized spacial score (nSPS) is 23.4. The first-order valence-electron chi connectivity index (χ1n) is 9.53. The molecule has 3 rings (SSSR count). The van der Waals surface area contributed by atoms with E-state index in [1.165, 1.54) is 8.61 Å². The third-order valence-corrected chi connectivity index (χ3v) is 7.61. The first-order valence-corrected chi connectivity index (χ1v) is 10.9. The first kappa shape index (κ1) is 20.2. The quantitative estimate of drug-likeness (QED) is 0.699. The van der Waals surface area contributed by atoms with Gasteiger partial charge < -0.3 is 0 Å². The Hall–Kier alpha value is -1.49. The lowest BCUT2D eigenvalue weighted by atomic mass is 10.0. The van der Waals surface area contributed by atoms with Crippen LogP contribution in [0.5, 0.6) is 0 Å². The van der Waals surface area contributed by atoms with Crippen LogP contribution in [0.1, 0.15) is 25.5 Å². The summed E-state index contributed by atoms with van der Waals surface area (Å²) in [7, 11) is 0.0483. The highest BCUT2D eigenvalue weighted by Crippen LogP contribution is 2.25. The van der Waals surface area contributed by atoms with Crippen LogP contribution in [-0.2, 0) is 22.1 Å². The van der Waals surface area contributed by atoms with Crippen molar-refractivity contribution in [1.82, 2.24) is 23.3 Å². The molecule has 0 spiro atoms. The van der Waals surface area contributed by atoms with E-state index in [2.05, 4.69) is 10.00 Å². The fourth-order valence-electron chi connectivity index (χ4n) is 3.88. The van der Waals surface area contributed by atoms with Crippen molar-refractivity contribution in [2.75, 3.05) is 51.2 Å². The number of piperidine rings is 1. The monoisotopic (exact) mass is 398 g/mol. The zero-order valence-corrected chi connectivity index (χ0v) is 17.4. The molecule has 0 saturated carbocycles. The van der Waals surface area contributed by atoms with Crippen molar-refractivity contribution < 1.29 is 13.2 Å². The molecule has 9 nitrogen and oxygen atoms in total. The number of hydrogen-bond donors (Lipinski definition) is 0. The minimum Gasteiger partial charge on any atom is -0.296 e. The van der Waals surface area contributed by atoms with Gasteiger partial charge >= 0.3 is 0 Å². The molecule has 1 aromatic heterocycles. The summed E-state index contributed by atoms with van der Waals surface area (Å²) in [4.78, 5) is 17.1. The third-order valence-electron chi connectivity index (χ3n) is 5.54. The SMILES string of the molecule is CCN(C)S(=O)(=O)N1CCN(C2CCCN(c3cc(C)nn3C)C2=O)CC1. The predicted octanol–water partition coefficient (Wildman–Crippen LogP) is 0.0380. The van der Waals surface area contributed by atoms with Gasteiger partial charge in [-0.1, -0.05) is 6.92 Å². The van der Waals surface area contributed by atoms with Gasteiger partial charge in [0.2, 0.25) is 5.91 Å². The molecule has 2 fully saturated rings. The number of carbonyl (C=O) groups excluding carboxylic acids is 1. The van der Waals surface area contributed by atoms with E-state index in [0.29, 0.717) is 39.3 Å². The zero-order valence-electron chi connectivity index (χ0n) is 16.6. The Labute approximate surface area is 161 Å². The second-order valence-corrected chi connectivity index (χ2v) is 9.31. The minimum absolute atomic E-state index is 0.0891. The summed E-state index contributed by atoms with van der Waals surface area (Å²) in [5.74, 6) is 0.916. The highest BCUT2D eigenvalue weighted by atomic mass is 32.2. The molecular weight excluding hydrogens is 368 g/mol. The van der Waals surface area contributed by atoms with Crippen LogP contribution in [0.15, 0.2) is 6.07 Å². The van der Waals surface area contributed by atoms with E-state index in [4.69, 9.17) is 0 Å². The van der Waals surface area contributed by atoms with Crippen LogP contribution in [0.2, 0.25) is 0 Å². The lowest BCUT2D eigenvalue weighted by Gasteiger charge is -2.42. The molecule has 1 aromatic rings. The van der Waals surface area contributed by atoms with Gasteiger partial charge in [0, 0.05) is 59.4 Å². The Morgan fingerprint density at radius 2 is 1.89 bits per heavy atom. The van der Waals surface area contributed by atoms with E-state index >= 15 is 0 Å². The molecule has 2 aliphatic heterocycles. The summed E-state index contributed by atoms with van der Waals surface area (Å²) in [5.41, 5.74) is 0.890. The summed E-state index contributed by atoms with van der Waals surface area (Å²) < 4.78 is 29.6. The van der Waals surface area contributed by atoms with Crippen LogP contribution in [0, 0.1) is 6.92 Å². The number of anilines is 1. The number of hydrogen-bond acceptors (Lipinski definition) is 5. The van der Waals surface area contributed by atoms with Gasteiger partial charge in [0.15, 0.2) is 0 Å². The Morgan fingerprint density at radius 1 is 1.22 bits per heavy atom. The second-order valence-electron chi connectivity index (χ2n) is 7.27. The molecule has 10 heteroatoms. The molecule has 0 aliphatic carbocycles. The van der Waals surface area contributed by atoms with Gasteiger partial charge in [-0.2, -0.15) is 22.1 Å². The number of aryl methyl sites for hydroxylation is 2. The standard InChI is InChI=1S/C17H30N6O3S/c1-5-19(3)27(25,26)22-11-9-21(10-12-22)15-7-6-8-23(17(15)24)16-13-14(2)18-20(16)4/h13,15H,5-12H2,1-4H3. The fourth-order valence-corrected chi connectivity index (χ4v) is 5.22. The van der Waals surface area contributed by atoms with Crippen LogP contribution >= 0.6 is 0 Å². The van der Waals surface area contributed by atoms with Crippen LogP contribution in [0.4, 0.5) is 5.82 Å². The van der Waals surface area contributed by atoms with Gasteiger partial charge in [0.25, 0.3) is 10.2 Å². The average molecular weight is 399 g/mol. The van der Waals surface area contributed by atoms with Gasteiger partial charge in [0.1, 0.15) is 5.82 Å². The maximum Gasteiger partial charge on any atom is 0.281 e. The number of rotatable bonds is 5. The molecular formula is C17H30N6O3S. The number of amides is 1. The van der Waals surface area contributed by atoms with Crippen molar-refractivity contribution in [2.45, 2.75) is 32.7 Å². The van der Waals surface area contributed by atoms with Gasteiger partial charge in [-0.25, -0.2) is 0 Å². The van der Waals surface area contributed by atoms with Crippen molar-refractivity contribution in [2.24, 2.45) is 7.05 Å². The number of nitrogens with zero attached hydrogens (tertiary/aromatic N) is 6. The summed E-state index contributed by atoms with van der Waals surface area (Å²) in [5, 5.41) is 4.35. The molecule has 0 bridgehead atoms. The smallest absolute Gasteiger partial charge is 0.281 e. The number of carbonyl (C=O) groups is 1. The van der Waals surface area contributed by atoms with E-state index in [0.717, 1.165) is 24.4 Å². The van der Waals surface area contributed by atoms with Crippen LogP contribution < -0.4 is 4.90 Å². The minimum atomic E-state index is -3.40. The fraction of sp³-hybridized carbons (Fsp3) is 0.765. The second kappa shape index (κ2) is 7.86. The van der Waals surface area contributed by atoms with E-state index in [9.17, 15) is 13.2 Å². The highest BCUT2D eigenvalue weighted by Gasteiger charge is 2.38. The molecule has 2 aliphatic rings. The summed E-state index contributed by atoms with van der Waals surface area (Å²) >= 11 is 0. The van der Waals surface area contributed by atoms with Gasteiger partial charge in [-0.3, -0.25) is 19.3 Å². The van der Waals surface area contributed by atoms with Crippen molar-refractivity contribution in [1.29, 1.82) is 0 Å². The first-order chi connectivity index (χ1) is 12.8. The number of piperazine rings is 1.